The quantitative estimate of drug-likeness (QED) is 0.209. The third kappa shape index (κ3) is 4.99. The molecule has 1 saturated heterocycles. The standard InChI is InChI=1S/C23H25O11/c1-32-17-8-12(2-6-16(17)26)3-7-19(27)33-11-13-9-14(25)4-5-15(13)23(31)21(29)20(28)18(10-24)34-22(23)30/h2-9,18,20-22,24-26,28-29,31H,10-11H2,1H3/q-1/b7-3+/t18-,20-,21+,22-,23-/m1/s1. The number of ether oxygens (including phenoxy) is 3. The van der Waals surface area contributed by atoms with Crippen molar-refractivity contribution in [2.75, 3.05) is 13.7 Å². The first-order chi connectivity index (χ1) is 16.1. The number of esters is 1. The van der Waals surface area contributed by atoms with Gasteiger partial charge in [0.25, 0.3) is 0 Å². The number of aliphatic hydroxyl groups excluding tert-OH is 3. The number of aromatic hydroxyl groups is 2. The van der Waals surface area contributed by atoms with Crippen LogP contribution in [0.25, 0.3) is 6.08 Å². The van der Waals surface area contributed by atoms with Gasteiger partial charge in [-0.3, -0.25) is 0 Å². The van der Waals surface area contributed by atoms with Crippen LogP contribution in [0.3, 0.4) is 0 Å². The molecule has 5 atom stereocenters. The maximum atomic E-state index is 12.6. The molecule has 34 heavy (non-hydrogen) atoms. The molecule has 0 amide bonds. The Kier molecular flexibility index (Phi) is 7.77. The van der Waals surface area contributed by atoms with Crippen molar-refractivity contribution in [2.45, 2.75) is 36.8 Å². The largest absolute Gasteiger partial charge is 0.829 e. The van der Waals surface area contributed by atoms with E-state index < -0.39 is 49.4 Å². The summed E-state index contributed by atoms with van der Waals surface area (Å²) >= 11 is 0. The Labute approximate surface area is 194 Å². The van der Waals surface area contributed by atoms with E-state index >= 15 is 0 Å². The van der Waals surface area contributed by atoms with Crippen LogP contribution in [0.1, 0.15) is 16.7 Å². The number of carbonyl (C=O) groups is 1. The predicted octanol–water partition coefficient (Wildman–Crippen LogP) is -1.15. The van der Waals surface area contributed by atoms with E-state index in [9.17, 15) is 40.5 Å². The van der Waals surface area contributed by atoms with E-state index in [0.717, 1.165) is 24.3 Å². The number of aliphatic hydroxyl groups is 4. The zero-order chi connectivity index (χ0) is 25.0. The van der Waals surface area contributed by atoms with E-state index in [4.69, 9.17) is 14.2 Å². The number of hydrogen-bond acceptors (Lipinski definition) is 11. The molecule has 184 valence electrons. The first-order valence-electron chi connectivity index (χ1n) is 10.2. The summed E-state index contributed by atoms with van der Waals surface area (Å²) in [4.78, 5) is 12.2. The number of benzene rings is 2. The van der Waals surface area contributed by atoms with Gasteiger partial charge < -0.3 is 50.0 Å². The fourth-order valence-corrected chi connectivity index (χ4v) is 3.63. The molecule has 2 aromatic rings. The minimum Gasteiger partial charge on any atom is -0.829 e. The summed E-state index contributed by atoms with van der Waals surface area (Å²) in [5, 5.41) is 72.9. The SMILES string of the molecule is COc1cc(/C=C/C(=O)OCc2cc(O)ccc2[C@]2(O)[C@H]([O-])O[C@H](CO)[C@@H](O)[C@@H]2O)ccc1O. The van der Waals surface area contributed by atoms with E-state index in [1.54, 1.807) is 0 Å². The van der Waals surface area contributed by atoms with Crippen LogP contribution in [-0.2, 0) is 26.5 Å². The lowest BCUT2D eigenvalue weighted by molar-refractivity contribution is -0.555. The summed E-state index contributed by atoms with van der Waals surface area (Å²) in [7, 11) is 1.38. The number of carbonyl (C=O) groups excluding carboxylic acids is 1. The van der Waals surface area contributed by atoms with Crippen LogP contribution < -0.4 is 9.84 Å². The summed E-state index contributed by atoms with van der Waals surface area (Å²) in [6.07, 6.45) is -5.03. The van der Waals surface area contributed by atoms with Gasteiger partial charge in [-0.2, -0.15) is 0 Å². The van der Waals surface area contributed by atoms with Crippen molar-refractivity contribution in [3.05, 3.63) is 59.2 Å². The van der Waals surface area contributed by atoms with Crippen LogP contribution in [-0.4, -0.2) is 74.9 Å². The van der Waals surface area contributed by atoms with Crippen LogP contribution in [0.15, 0.2) is 42.5 Å². The molecule has 11 heteroatoms. The number of rotatable bonds is 7. The molecule has 1 heterocycles. The summed E-state index contributed by atoms with van der Waals surface area (Å²) in [6, 6.07) is 7.82. The molecule has 0 spiro atoms. The number of hydrogen-bond donors (Lipinski definition) is 6. The van der Waals surface area contributed by atoms with Crippen molar-refractivity contribution in [3.63, 3.8) is 0 Å². The maximum Gasteiger partial charge on any atom is 0.331 e. The minimum atomic E-state index is -2.67. The first kappa shape index (κ1) is 25.4. The number of phenolic OH excluding ortho intramolecular Hbond substituents is 2. The lowest BCUT2D eigenvalue weighted by Gasteiger charge is -2.52. The third-order valence-corrected chi connectivity index (χ3v) is 5.50. The van der Waals surface area contributed by atoms with Crippen molar-refractivity contribution >= 4 is 12.0 Å². The van der Waals surface area contributed by atoms with E-state index in [1.165, 1.54) is 31.4 Å². The van der Waals surface area contributed by atoms with Crippen LogP contribution in [0.4, 0.5) is 0 Å². The lowest BCUT2D eigenvalue weighted by Crippen LogP contribution is -2.68. The Balaban J connectivity index is 1.80. The molecule has 0 aliphatic carbocycles. The average molecular weight is 477 g/mol. The molecule has 11 nitrogen and oxygen atoms in total. The van der Waals surface area contributed by atoms with Gasteiger partial charge >= 0.3 is 5.97 Å². The fraction of sp³-hybridized carbons (Fsp3) is 0.348. The molecule has 1 fully saturated rings. The monoisotopic (exact) mass is 477 g/mol. The Morgan fingerprint density at radius 3 is 2.62 bits per heavy atom. The van der Waals surface area contributed by atoms with Crippen LogP contribution in [0.2, 0.25) is 0 Å². The van der Waals surface area contributed by atoms with Gasteiger partial charge in [0.05, 0.1) is 13.7 Å². The Bertz CT molecular complexity index is 1050. The van der Waals surface area contributed by atoms with Crippen molar-refractivity contribution in [3.8, 4) is 17.2 Å². The van der Waals surface area contributed by atoms with Crippen LogP contribution >= 0.6 is 0 Å². The Hall–Kier alpha value is -3.19. The second kappa shape index (κ2) is 10.4. The molecule has 0 aromatic heterocycles. The Morgan fingerprint density at radius 2 is 1.94 bits per heavy atom. The molecule has 0 radical (unpaired) electrons. The molecule has 3 rings (SSSR count). The van der Waals surface area contributed by atoms with Crippen molar-refractivity contribution in [1.29, 1.82) is 0 Å². The van der Waals surface area contributed by atoms with E-state index in [1.807, 2.05) is 0 Å². The third-order valence-electron chi connectivity index (χ3n) is 5.50. The Morgan fingerprint density at radius 1 is 1.21 bits per heavy atom. The van der Waals surface area contributed by atoms with E-state index in [0.29, 0.717) is 5.56 Å². The van der Waals surface area contributed by atoms with Gasteiger partial charge in [0, 0.05) is 12.4 Å². The topological polar surface area (TPSA) is 189 Å². The first-order valence-corrected chi connectivity index (χ1v) is 10.2. The van der Waals surface area contributed by atoms with Gasteiger partial charge in [-0.25, -0.2) is 4.79 Å². The normalized spacial score (nSPS) is 27.0. The number of phenols is 2. The molecule has 0 saturated carbocycles. The van der Waals surface area contributed by atoms with E-state index in [-0.39, 0.29) is 28.4 Å². The molecule has 1 aliphatic rings. The smallest absolute Gasteiger partial charge is 0.331 e. The molecular formula is C23H25O11-. The lowest BCUT2D eigenvalue weighted by atomic mass is 9.79. The van der Waals surface area contributed by atoms with Crippen molar-refractivity contribution in [1.82, 2.24) is 0 Å². The minimum absolute atomic E-state index is 0.0197. The summed E-state index contributed by atoms with van der Waals surface area (Å²) in [5.74, 6) is -0.947. The molecule has 6 N–H and O–H groups in total. The molecular weight excluding hydrogens is 452 g/mol. The van der Waals surface area contributed by atoms with Gasteiger partial charge in [0.1, 0.15) is 36.3 Å². The van der Waals surface area contributed by atoms with Gasteiger partial charge in [-0.1, -0.05) is 12.1 Å². The van der Waals surface area contributed by atoms with Gasteiger partial charge in [-0.05, 0) is 47.0 Å². The van der Waals surface area contributed by atoms with E-state index in [2.05, 4.69) is 0 Å². The highest BCUT2D eigenvalue weighted by molar-refractivity contribution is 5.87. The zero-order valence-electron chi connectivity index (χ0n) is 18.1. The molecule has 0 bridgehead atoms. The second-order valence-corrected chi connectivity index (χ2v) is 7.66. The fourth-order valence-electron chi connectivity index (χ4n) is 3.63. The summed E-state index contributed by atoms with van der Waals surface area (Å²) < 4.78 is 15.1. The van der Waals surface area contributed by atoms with Gasteiger partial charge in [-0.15, -0.1) is 0 Å². The maximum absolute atomic E-state index is 12.6. The summed E-state index contributed by atoms with van der Waals surface area (Å²) in [6.45, 7) is -1.26. The molecule has 0 unspecified atom stereocenters. The van der Waals surface area contributed by atoms with Crippen molar-refractivity contribution in [2.24, 2.45) is 0 Å². The molecule has 2 aromatic carbocycles. The van der Waals surface area contributed by atoms with Crippen molar-refractivity contribution < 1.29 is 54.8 Å². The van der Waals surface area contributed by atoms with Gasteiger partial charge in [0.2, 0.25) is 0 Å². The van der Waals surface area contributed by atoms with Gasteiger partial charge in [0.15, 0.2) is 11.5 Å². The second-order valence-electron chi connectivity index (χ2n) is 7.66. The van der Waals surface area contributed by atoms with Crippen LogP contribution in [0, 0.1) is 0 Å². The predicted molar refractivity (Wildman–Crippen MR) is 113 cm³/mol. The van der Waals surface area contributed by atoms with Crippen LogP contribution in [0.5, 0.6) is 17.2 Å². The average Bonchev–Trinajstić information content (AvgIpc) is 2.83. The summed E-state index contributed by atoms with van der Waals surface area (Å²) in [5.41, 5.74) is -2.39. The highest BCUT2D eigenvalue weighted by Gasteiger charge is 2.52. The zero-order valence-corrected chi connectivity index (χ0v) is 18.1. The number of methoxy groups -OCH3 is 1. The molecule has 1 aliphatic heterocycles. The highest BCUT2D eigenvalue weighted by Crippen LogP contribution is 2.39. The highest BCUT2D eigenvalue weighted by atomic mass is 16.6.